The first-order chi connectivity index (χ1) is 5.25. The normalized spacial score (nSPS) is 10.1. The van der Waals surface area contributed by atoms with Crippen molar-refractivity contribution in [3.8, 4) is 0 Å². The van der Waals surface area contributed by atoms with E-state index in [1.54, 1.807) is 7.11 Å². The van der Waals surface area contributed by atoms with Gasteiger partial charge in [0.25, 0.3) is 0 Å². The Labute approximate surface area is 71.9 Å². The summed E-state index contributed by atoms with van der Waals surface area (Å²) in [6.45, 7) is 2.62. The Kier molecular flexibility index (Phi) is 2.92. The summed E-state index contributed by atoms with van der Waals surface area (Å²) >= 11 is 5.93. The molecule has 0 aliphatic heterocycles. The highest BCUT2D eigenvalue weighted by Crippen LogP contribution is 2.19. The second-order valence-corrected chi connectivity index (χ2v) is 2.88. The lowest BCUT2D eigenvalue weighted by Crippen LogP contribution is -1.92. The van der Waals surface area contributed by atoms with E-state index in [1.165, 1.54) is 5.56 Å². The van der Waals surface area contributed by atoms with Crippen LogP contribution in [-0.2, 0) is 11.3 Å². The van der Waals surface area contributed by atoms with Crippen molar-refractivity contribution in [2.75, 3.05) is 7.11 Å². The number of rotatable bonds is 2. The van der Waals surface area contributed by atoms with Gasteiger partial charge in [0.05, 0.1) is 6.61 Å². The molecule has 11 heavy (non-hydrogen) atoms. The molecular formula is C9H11ClO. The lowest BCUT2D eigenvalue weighted by molar-refractivity contribution is 0.184. The van der Waals surface area contributed by atoms with Crippen LogP contribution in [0.15, 0.2) is 18.2 Å². The fourth-order valence-electron chi connectivity index (χ4n) is 0.994. The Morgan fingerprint density at radius 2 is 2.18 bits per heavy atom. The van der Waals surface area contributed by atoms with E-state index in [9.17, 15) is 0 Å². The van der Waals surface area contributed by atoms with Crippen LogP contribution in [-0.4, -0.2) is 7.11 Å². The molecule has 2 heteroatoms. The van der Waals surface area contributed by atoms with Crippen molar-refractivity contribution in [2.24, 2.45) is 0 Å². The van der Waals surface area contributed by atoms with Crippen LogP contribution in [0.2, 0.25) is 5.02 Å². The lowest BCUT2D eigenvalue weighted by Gasteiger charge is -2.05. The molecule has 0 N–H and O–H groups in total. The van der Waals surface area contributed by atoms with E-state index in [0.717, 1.165) is 10.6 Å². The van der Waals surface area contributed by atoms with Gasteiger partial charge in [-0.15, -0.1) is 0 Å². The number of hydrogen-bond acceptors (Lipinski definition) is 1. The molecule has 1 rings (SSSR count). The molecule has 0 heterocycles. The first-order valence-corrected chi connectivity index (χ1v) is 3.86. The average Bonchev–Trinajstić information content (AvgIpc) is 1.97. The Bertz CT molecular complexity index is 225. The third-order valence-corrected chi connectivity index (χ3v) is 2.00. The summed E-state index contributed by atoms with van der Waals surface area (Å²) in [7, 11) is 1.67. The summed E-state index contributed by atoms with van der Waals surface area (Å²) in [5, 5.41) is 0.784. The van der Waals surface area contributed by atoms with Crippen LogP contribution in [0.4, 0.5) is 0 Å². The van der Waals surface area contributed by atoms with E-state index in [0.29, 0.717) is 6.61 Å². The summed E-state index contributed by atoms with van der Waals surface area (Å²) < 4.78 is 5.01. The van der Waals surface area contributed by atoms with Crippen LogP contribution in [0.25, 0.3) is 0 Å². The first kappa shape index (κ1) is 8.57. The third kappa shape index (κ3) is 1.95. The number of ether oxygens (including phenoxy) is 1. The highest BCUT2D eigenvalue weighted by molar-refractivity contribution is 6.31. The highest BCUT2D eigenvalue weighted by atomic mass is 35.5. The van der Waals surface area contributed by atoms with Crippen molar-refractivity contribution in [2.45, 2.75) is 13.5 Å². The molecule has 0 bridgehead atoms. The molecule has 60 valence electrons. The van der Waals surface area contributed by atoms with Gasteiger partial charge in [-0.25, -0.2) is 0 Å². The minimum absolute atomic E-state index is 0.589. The van der Waals surface area contributed by atoms with Gasteiger partial charge in [0, 0.05) is 12.1 Å². The minimum Gasteiger partial charge on any atom is -0.380 e. The van der Waals surface area contributed by atoms with Gasteiger partial charge >= 0.3 is 0 Å². The first-order valence-electron chi connectivity index (χ1n) is 3.48. The van der Waals surface area contributed by atoms with Gasteiger partial charge in [-0.3, -0.25) is 0 Å². The second-order valence-electron chi connectivity index (χ2n) is 2.47. The van der Waals surface area contributed by atoms with Gasteiger partial charge in [-0.05, 0) is 24.1 Å². The average molecular weight is 171 g/mol. The molecule has 0 amide bonds. The van der Waals surface area contributed by atoms with Crippen LogP contribution >= 0.6 is 11.6 Å². The van der Waals surface area contributed by atoms with Crippen LogP contribution in [0.3, 0.4) is 0 Å². The second kappa shape index (κ2) is 3.74. The Hall–Kier alpha value is -0.530. The molecule has 1 nitrogen and oxygen atoms in total. The van der Waals surface area contributed by atoms with Crippen LogP contribution in [0.1, 0.15) is 11.1 Å². The molecular weight excluding hydrogens is 160 g/mol. The van der Waals surface area contributed by atoms with Gasteiger partial charge in [-0.2, -0.15) is 0 Å². The maximum Gasteiger partial charge on any atom is 0.0730 e. The predicted octanol–water partition coefficient (Wildman–Crippen LogP) is 2.79. The molecule has 1 aromatic rings. The smallest absolute Gasteiger partial charge is 0.0730 e. The van der Waals surface area contributed by atoms with E-state index < -0.39 is 0 Å². The summed E-state index contributed by atoms with van der Waals surface area (Å²) in [5.41, 5.74) is 2.26. The number of halogens is 1. The number of hydrogen-bond donors (Lipinski definition) is 0. The molecule has 0 atom stereocenters. The molecule has 1 aromatic carbocycles. The van der Waals surface area contributed by atoms with E-state index in [4.69, 9.17) is 16.3 Å². The monoisotopic (exact) mass is 170 g/mol. The topological polar surface area (TPSA) is 9.23 Å². The molecule has 0 aromatic heterocycles. The van der Waals surface area contributed by atoms with Crippen molar-refractivity contribution in [3.05, 3.63) is 34.3 Å². The quantitative estimate of drug-likeness (QED) is 0.663. The Balaban J connectivity index is 3.00. The fraction of sp³-hybridized carbons (Fsp3) is 0.333. The molecule has 0 saturated heterocycles. The van der Waals surface area contributed by atoms with Gasteiger partial charge in [-0.1, -0.05) is 23.7 Å². The summed E-state index contributed by atoms with van der Waals surface area (Å²) in [4.78, 5) is 0. The Morgan fingerprint density at radius 1 is 1.45 bits per heavy atom. The van der Waals surface area contributed by atoms with Crippen molar-refractivity contribution in [1.82, 2.24) is 0 Å². The number of benzene rings is 1. The molecule has 0 aliphatic carbocycles. The number of aryl methyl sites for hydroxylation is 1. The summed E-state index contributed by atoms with van der Waals surface area (Å²) in [6.07, 6.45) is 0. The number of methoxy groups -OCH3 is 1. The van der Waals surface area contributed by atoms with E-state index in [-0.39, 0.29) is 0 Å². The van der Waals surface area contributed by atoms with Crippen molar-refractivity contribution < 1.29 is 4.74 Å². The van der Waals surface area contributed by atoms with Crippen molar-refractivity contribution in [1.29, 1.82) is 0 Å². The van der Waals surface area contributed by atoms with E-state index in [2.05, 4.69) is 0 Å². The zero-order chi connectivity index (χ0) is 8.27. The van der Waals surface area contributed by atoms with Crippen LogP contribution in [0.5, 0.6) is 0 Å². The zero-order valence-electron chi connectivity index (χ0n) is 6.73. The van der Waals surface area contributed by atoms with Gasteiger partial charge in [0.15, 0.2) is 0 Å². The molecule has 0 fully saturated rings. The minimum atomic E-state index is 0.589. The molecule has 0 spiro atoms. The molecule has 0 unspecified atom stereocenters. The lowest BCUT2D eigenvalue weighted by atomic mass is 10.1. The third-order valence-electron chi connectivity index (χ3n) is 1.64. The van der Waals surface area contributed by atoms with Gasteiger partial charge in [0.2, 0.25) is 0 Å². The summed E-state index contributed by atoms with van der Waals surface area (Å²) in [6, 6.07) is 5.85. The maximum atomic E-state index is 5.93. The van der Waals surface area contributed by atoms with Crippen molar-refractivity contribution >= 4 is 11.6 Å². The van der Waals surface area contributed by atoms with Crippen molar-refractivity contribution in [3.63, 3.8) is 0 Å². The highest BCUT2D eigenvalue weighted by Gasteiger charge is 2.01. The van der Waals surface area contributed by atoms with E-state index in [1.807, 2.05) is 25.1 Å². The SMILES string of the molecule is COCc1c(C)cccc1Cl. The van der Waals surface area contributed by atoms with Gasteiger partial charge < -0.3 is 4.74 Å². The van der Waals surface area contributed by atoms with Crippen LogP contribution in [0, 0.1) is 6.92 Å². The largest absolute Gasteiger partial charge is 0.380 e. The van der Waals surface area contributed by atoms with Crippen LogP contribution < -0.4 is 0 Å². The Morgan fingerprint density at radius 3 is 2.73 bits per heavy atom. The summed E-state index contributed by atoms with van der Waals surface area (Å²) in [5.74, 6) is 0. The predicted molar refractivity (Wildman–Crippen MR) is 46.9 cm³/mol. The standard InChI is InChI=1S/C9H11ClO/c1-7-4-3-5-9(10)8(7)6-11-2/h3-5H,6H2,1-2H3. The van der Waals surface area contributed by atoms with E-state index >= 15 is 0 Å². The molecule has 0 aliphatic rings. The fourth-order valence-corrected chi connectivity index (χ4v) is 1.27. The zero-order valence-corrected chi connectivity index (χ0v) is 7.48. The van der Waals surface area contributed by atoms with Gasteiger partial charge in [0.1, 0.15) is 0 Å². The molecule has 0 saturated carbocycles. The maximum absolute atomic E-state index is 5.93. The molecule has 0 radical (unpaired) electrons.